The van der Waals surface area contributed by atoms with Crippen LogP contribution in [-0.4, -0.2) is 15.8 Å². The Morgan fingerprint density at radius 1 is 1.35 bits per heavy atom. The molecule has 106 valence electrons. The second-order valence-corrected chi connectivity index (χ2v) is 4.85. The lowest BCUT2D eigenvalue weighted by molar-refractivity contribution is 0.251. The first-order valence-corrected chi connectivity index (χ1v) is 6.79. The van der Waals surface area contributed by atoms with E-state index in [-0.39, 0.29) is 6.03 Å². The van der Waals surface area contributed by atoms with Crippen LogP contribution in [0.15, 0.2) is 30.5 Å². The zero-order chi connectivity index (χ0) is 14.5. The summed E-state index contributed by atoms with van der Waals surface area (Å²) in [6.45, 7) is 5.22. The Morgan fingerprint density at radius 3 is 2.65 bits per heavy atom. The molecule has 1 aromatic heterocycles. The van der Waals surface area contributed by atoms with Crippen LogP contribution >= 0.6 is 11.6 Å². The van der Waals surface area contributed by atoms with Crippen molar-refractivity contribution in [3.63, 3.8) is 0 Å². The zero-order valence-corrected chi connectivity index (χ0v) is 12.2. The minimum absolute atomic E-state index is 0.254. The molecule has 0 fully saturated rings. The monoisotopic (exact) mass is 292 g/mol. The van der Waals surface area contributed by atoms with Gasteiger partial charge in [-0.2, -0.15) is 5.10 Å². The molecule has 2 rings (SSSR count). The summed E-state index contributed by atoms with van der Waals surface area (Å²) in [5.74, 6) is 0. The second kappa shape index (κ2) is 6.43. The smallest absolute Gasteiger partial charge is 0.319 e. The van der Waals surface area contributed by atoms with Crippen LogP contribution in [0.25, 0.3) is 0 Å². The van der Waals surface area contributed by atoms with Crippen molar-refractivity contribution in [1.29, 1.82) is 0 Å². The van der Waals surface area contributed by atoms with Crippen molar-refractivity contribution in [2.45, 2.75) is 26.9 Å². The summed E-state index contributed by atoms with van der Waals surface area (Å²) < 4.78 is 1.85. The molecule has 0 atom stereocenters. The Bertz CT molecular complexity index is 592. The third kappa shape index (κ3) is 3.74. The highest BCUT2D eigenvalue weighted by Gasteiger charge is 2.06. The molecule has 1 aromatic carbocycles. The van der Waals surface area contributed by atoms with E-state index in [0.29, 0.717) is 17.3 Å². The Kier molecular flexibility index (Phi) is 4.63. The van der Waals surface area contributed by atoms with Gasteiger partial charge in [0.05, 0.1) is 5.69 Å². The standard InChI is InChI=1S/C14H17ClN4O/c1-3-19-9-11(10(2)18-19)8-16-14(20)17-13-6-4-12(15)5-7-13/h4-7,9H,3,8H2,1-2H3,(H2,16,17,20). The summed E-state index contributed by atoms with van der Waals surface area (Å²) in [6, 6.07) is 6.71. The summed E-state index contributed by atoms with van der Waals surface area (Å²) in [4.78, 5) is 11.8. The van der Waals surface area contributed by atoms with Crippen molar-refractivity contribution in [1.82, 2.24) is 15.1 Å². The van der Waals surface area contributed by atoms with E-state index in [4.69, 9.17) is 11.6 Å². The number of carbonyl (C=O) groups excluding carboxylic acids is 1. The van der Waals surface area contributed by atoms with Gasteiger partial charge >= 0.3 is 6.03 Å². The van der Waals surface area contributed by atoms with Crippen molar-refractivity contribution in [3.8, 4) is 0 Å². The van der Waals surface area contributed by atoms with Crippen LogP contribution in [0.4, 0.5) is 10.5 Å². The van der Waals surface area contributed by atoms with E-state index in [2.05, 4.69) is 15.7 Å². The highest BCUT2D eigenvalue weighted by molar-refractivity contribution is 6.30. The predicted molar refractivity (Wildman–Crippen MR) is 79.9 cm³/mol. The molecule has 0 aliphatic heterocycles. The maximum absolute atomic E-state index is 11.8. The molecular weight excluding hydrogens is 276 g/mol. The number of halogens is 1. The van der Waals surface area contributed by atoms with Gasteiger partial charge in [0.1, 0.15) is 0 Å². The van der Waals surface area contributed by atoms with Gasteiger partial charge in [-0.1, -0.05) is 11.6 Å². The van der Waals surface area contributed by atoms with Crippen LogP contribution in [0, 0.1) is 6.92 Å². The molecule has 2 aromatic rings. The molecule has 0 unspecified atom stereocenters. The van der Waals surface area contributed by atoms with Crippen molar-refractivity contribution >= 4 is 23.3 Å². The summed E-state index contributed by atoms with van der Waals surface area (Å²) in [7, 11) is 0. The number of hydrogen-bond donors (Lipinski definition) is 2. The number of amides is 2. The number of rotatable bonds is 4. The van der Waals surface area contributed by atoms with Crippen LogP contribution < -0.4 is 10.6 Å². The molecule has 0 spiro atoms. The molecule has 20 heavy (non-hydrogen) atoms. The number of benzene rings is 1. The number of nitrogens with one attached hydrogen (secondary N) is 2. The molecule has 2 N–H and O–H groups in total. The SMILES string of the molecule is CCn1cc(CNC(=O)Nc2ccc(Cl)cc2)c(C)n1. The average Bonchev–Trinajstić information content (AvgIpc) is 2.80. The van der Waals surface area contributed by atoms with E-state index in [0.717, 1.165) is 17.8 Å². The van der Waals surface area contributed by atoms with Crippen molar-refractivity contribution in [2.75, 3.05) is 5.32 Å². The minimum atomic E-state index is -0.254. The Hall–Kier alpha value is -2.01. The number of aryl methyl sites for hydroxylation is 2. The highest BCUT2D eigenvalue weighted by Crippen LogP contribution is 2.13. The third-order valence-electron chi connectivity index (χ3n) is 2.91. The van der Waals surface area contributed by atoms with Crippen molar-refractivity contribution in [3.05, 3.63) is 46.7 Å². The molecule has 0 saturated carbocycles. The first-order chi connectivity index (χ1) is 9.58. The van der Waals surface area contributed by atoms with Gasteiger partial charge in [0.2, 0.25) is 0 Å². The van der Waals surface area contributed by atoms with E-state index in [1.807, 2.05) is 24.7 Å². The van der Waals surface area contributed by atoms with Crippen molar-refractivity contribution in [2.24, 2.45) is 0 Å². The molecule has 2 amide bonds. The second-order valence-electron chi connectivity index (χ2n) is 4.41. The topological polar surface area (TPSA) is 59.0 Å². The van der Waals surface area contributed by atoms with Crippen LogP contribution in [0.3, 0.4) is 0 Å². The van der Waals surface area contributed by atoms with Gasteiger partial charge in [0.15, 0.2) is 0 Å². The molecular formula is C14H17ClN4O. The maximum Gasteiger partial charge on any atom is 0.319 e. The highest BCUT2D eigenvalue weighted by atomic mass is 35.5. The van der Waals surface area contributed by atoms with Gasteiger partial charge in [0.25, 0.3) is 0 Å². The summed E-state index contributed by atoms with van der Waals surface area (Å²) in [6.07, 6.45) is 1.94. The van der Waals surface area contributed by atoms with Crippen LogP contribution in [0.5, 0.6) is 0 Å². The fourth-order valence-corrected chi connectivity index (χ4v) is 1.90. The predicted octanol–water partition coefficient (Wildman–Crippen LogP) is 3.19. The summed E-state index contributed by atoms with van der Waals surface area (Å²) in [5, 5.41) is 10.5. The molecule has 0 aliphatic rings. The first-order valence-electron chi connectivity index (χ1n) is 6.42. The molecule has 0 bridgehead atoms. The molecule has 0 radical (unpaired) electrons. The lowest BCUT2D eigenvalue weighted by atomic mass is 10.2. The van der Waals surface area contributed by atoms with Crippen LogP contribution in [0.2, 0.25) is 5.02 Å². The van der Waals surface area contributed by atoms with E-state index in [1.165, 1.54) is 0 Å². The first kappa shape index (κ1) is 14.4. The molecule has 6 heteroatoms. The van der Waals surface area contributed by atoms with Gasteiger partial charge in [-0.3, -0.25) is 4.68 Å². The molecule has 0 aliphatic carbocycles. The third-order valence-corrected chi connectivity index (χ3v) is 3.17. The lowest BCUT2D eigenvalue weighted by Crippen LogP contribution is -2.28. The van der Waals surface area contributed by atoms with Gasteiger partial charge in [-0.05, 0) is 38.1 Å². The fourth-order valence-electron chi connectivity index (χ4n) is 1.78. The molecule has 1 heterocycles. The summed E-state index contributed by atoms with van der Waals surface area (Å²) >= 11 is 5.79. The normalized spacial score (nSPS) is 10.3. The quantitative estimate of drug-likeness (QED) is 0.909. The molecule has 5 nitrogen and oxygen atoms in total. The van der Waals surface area contributed by atoms with Gasteiger partial charge < -0.3 is 10.6 Å². The Balaban J connectivity index is 1.88. The number of carbonyl (C=O) groups is 1. The Morgan fingerprint density at radius 2 is 2.05 bits per heavy atom. The van der Waals surface area contributed by atoms with E-state index in [9.17, 15) is 4.79 Å². The fraction of sp³-hybridized carbons (Fsp3) is 0.286. The Labute approximate surface area is 122 Å². The minimum Gasteiger partial charge on any atom is -0.334 e. The number of urea groups is 1. The van der Waals surface area contributed by atoms with Crippen LogP contribution in [-0.2, 0) is 13.1 Å². The largest absolute Gasteiger partial charge is 0.334 e. The number of aromatic nitrogens is 2. The number of hydrogen-bond acceptors (Lipinski definition) is 2. The number of nitrogens with zero attached hydrogens (tertiary/aromatic N) is 2. The van der Waals surface area contributed by atoms with Crippen molar-refractivity contribution < 1.29 is 4.79 Å². The van der Waals surface area contributed by atoms with Gasteiger partial charge in [-0.15, -0.1) is 0 Å². The van der Waals surface area contributed by atoms with Crippen LogP contribution in [0.1, 0.15) is 18.2 Å². The maximum atomic E-state index is 11.8. The summed E-state index contributed by atoms with van der Waals surface area (Å²) in [5.41, 5.74) is 2.64. The average molecular weight is 293 g/mol. The number of anilines is 1. The van der Waals surface area contributed by atoms with E-state index >= 15 is 0 Å². The van der Waals surface area contributed by atoms with E-state index in [1.54, 1.807) is 24.3 Å². The lowest BCUT2D eigenvalue weighted by Gasteiger charge is -2.07. The molecule has 0 saturated heterocycles. The zero-order valence-electron chi connectivity index (χ0n) is 11.5. The van der Waals surface area contributed by atoms with Gasteiger partial charge in [-0.25, -0.2) is 4.79 Å². The van der Waals surface area contributed by atoms with E-state index < -0.39 is 0 Å². The van der Waals surface area contributed by atoms with Gasteiger partial charge in [0, 0.05) is 35.6 Å².